The number of carboxylic acids is 1. The highest BCUT2D eigenvalue weighted by Gasteiger charge is 2.17. The maximum atomic E-state index is 11.2. The van der Waals surface area contributed by atoms with Gasteiger partial charge in [-0.2, -0.15) is 10.1 Å². The van der Waals surface area contributed by atoms with Gasteiger partial charge in [-0.1, -0.05) is 18.2 Å². The highest BCUT2D eigenvalue weighted by atomic mass is 16.5. The number of nitrogens with zero attached hydrogens (tertiary/aromatic N) is 5. The number of para-hydroxylation sites is 1. The molecule has 0 unspecified atom stereocenters. The molecule has 0 atom stereocenters. The molecule has 8 heteroatoms. The fraction of sp³-hybridized carbons (Fsp3) is 0.250. The van der Waals surface area contributed by atoms with Crippen LogP contribution in [0.2, 0.25) is 0 Å². The van der Waals surface area contributed by atoms with Gasteiger partial charge in [-0.05, 0) is 56.5 Å². The van der Waals surface area contributed by atoms with Crippen molar-refractivity contribution < 1.29 is 14.6 Å². The van der Waals surface area contributed by atoms with Crippen molar-refractivity contribution in [3.8, 4) is 17.4 Å². The standard InChI is InChI=1S/C24H25N5O3/c1-6-28(5)22-18-11-20(32-21-14(2)8-7-9-15(21)3)16(4)10-19(18)26-24(27-22)29-13-17(12-25-29)23(30)31/h7-13H,6H2,1-5H3,(H,30,31). The molecule has 0 aliphatic heterocycles. The zero-order valence-corrected chi connectivity index (χ0v) is 18.7. The molecule has 2 aromatic heterocycles. The first-order chi connectivity index (χ1) is 15.3. The minimum atomic E-state index is -1.05. The summed E-state index contributed by atoms with van der Waals surface area (Å²) in [7, 11) is 1.95. The van der Waals surface area contributed by atoms with Crippen LogP contribution < -0.4 is 9.64 Å². The van der Waals surface area contributed by atoms with E-state index < -0.39 is 5.97 Å². The Morgan fingerprint density at radius 2 is 1.84 bits per heavy atom. The Morgan fingerprint density at radius 3 is 2.47 bits per heavy atom. The predicted octanol–water partition coefficient (Wildman–Crippen LogP) is 4.69. The molecule has 0 bridgehead atoms. The number of fused-ring (bicyclic) bond motifs is 1. The van der Waals surface area contributed by atoms with Gasteiger partial charge in [0.2, 0.25) is 0 Å². The summed E-state index contributed by atoms with van der Waals surface area (Å²) in [6.45, 7) is 8.79. The van der Waals surface area contributed by atoms with E-state index in [1.165, 1.54) is 17.1 Å². The summed E-state index contributed by atoms with van der Waals surface area (Å²) in [4.78, 5) is 22.6. The quantitative estimate of drug-likeness (QED) is 0.473. The third-order valence-corrected chi connectivity index (χ3v) is 5.45. The number of aromatic nitrogens is 4. The van der Waals surface area contributed by atoms with Crippen molar-refractivity contribution in [1.29, 1.82) is 0 Å². The summed E-state index contributed by atoms with van der Waals surface area (Å²) >= 11 is 0. The van der Waals surface area contributed by atoms with E-state index >= 15 is 0 Å². The van der Waals surface area contributed by atoms with Crippen molar-refractivity contribution in [2.24, 2.45) is 0 Å². The topological polar surface area (TPSA) is 93.4 Å². The Hall–Kier alpha value is -3.94. The largest absolute Gasteiger partial charge is 0.478 e. The lowest BCUT2D eigenvalue weighted by atomic mass is 10.1. The zero-order chi connectivity index (χ0) is 23.0. The van der Waals surface area contributed by atoms with Crippen molar-refractivity contribution in [1.82, 2.24) is 19.7 Å². The van der Waals surface area contributed by atoms with Crippen LogP contribution in [0.1, 0.15) is 34.0 Å². The van der Waals surface area contributed by atoms with Gasteiger partial charge >= 0.3 is 5.97 Å². The summed E-state index contributed by atoms with van der Waals surface area (Å²) in [5.74, 6) is 1.56. The Morgan fingerprint density at radius 1 is 1.12 bits per heavy atom. The van der Waals surface area contributed by atoms with E-state index in [9.17, 15) is 9.90 Å². The molecule has 4 rings (SSSR count). The van der Waals surface area contributed by atoms with Gasteiger partial charge in [0.25, 0.3) is 5.95 Å². The highest BCUT2D eigenvalue weighted by Crippen LogP contribution is 2.35. The number of rotatable bonds is 6. The molecule has 2 heterocycles. The summed E-state index contributed by atoms with van der Waals surface area (Å²) in [5, 5.41) is 14.2. The fourth-order valence-corrected chi connectivity index (χ4v) is 3.50. The molecule has 0 saturated heterocycles. The summed E-state index contributed by atoms with van der Waals surface area (Å²) in [6, 6.07) is 9.99. The maximum Gasteiger partial charge on any atom is 0.338 e. The van der Waals surface area contributed by atoms with Gasteiger partial charge < -0.3 is 14.7 Å². The van der Waals surface area contributed by atoms with Crippen LogP contribution in [-0.4, -0.2) is 44.4 Å². The molecule has 0 aliphatic rings. The van der Waals surface area contributed by atoms with Crippen LogP contribution in [0.15, 0.2) is 42.7 Å². The molecule has 8 nitrogen and oxygen atoms in total. The lowest BCUT2D eigenvalue weighted by Gasteiger charge is -2.20. The predicted molar refractivity (Wildman–Crippen MR) is 123 cm³/mol. The van der Waals surface area contributed by atoms with Gasteiger partial charge in [0, 0.05) is 25.2 Å². The molecular formula is C24H25N5O3. The number of aryl methyl sites for hydroxylation is 3. The van der Waals surface area contributed by atoms with Crippen LogP contribution in [0.3, 0.4) is 0 Å². The van der Waals surface area contributed by atoms with Crippen LogP contribution in [0.5, 0.6) is 11.5 Å². The average Bonchev–Trinajstić information content (AvgIpc) is 3.26. The van der Waals surface area contributed by atoms with Crippen LogP contribution in [-0.2, 0) is 0 Å². The van der Waals surface area contributed by atoms with Gasteiger partial charge in [-0.3, -0.25) is 0 Å². The van der Waals surface area contributed by atoms with E-state index in [4.69, 9.17) is 9.72 Å². The molecule has 0 spiro atoms. The summed E-state index contributed by atoms with van der Waals surface area (Å²) in [6.07, 6.45) is 2.69. The second-order valence-electron chi connectivity index (χ2n) is 7.80. The van der Waals surface area contributed by atoms with Gasteiger partial charge in [-0.15, -0.1) is 0 Å². The van der Waals surface area contributed by atoms with Crippen molar-refractivity contribution in [2.45, 2.75) is 27.7 Å². The number of hydrogen-bond acceptors (Lipinski definition) is 6. The van der Waals surface area contributed by atoms with Crippen LogP contribution in [0.25, 0.3) is 16.9 Å². The van der Waals surface area contributed by atoms with Crippen LogP contribution in [0, 0.1) is 20.8 Å². The number of carbonyl (C=O) groups is 1. The van der Waals surface area contributed by atoms with E-state index in [0.29, 0.717) is 11.8 Å². The van der Waals surface area contributed by atoms with E-state index in [-0.39, 0.29) is 5.56 Å². The molecule has 0 fully saturated rings. The average molecular weight is 431 g/mol. The smallest absolute Gasteiger partial charge is 0.338 e. The third-order valence-electron chi connectivity index (χ3n) is 5.45. The Balaban J connectivity index is 1.87. The van der Waals surface area contributed by atoms with Crippen molar-refractivity contribution in [3.05, 3.63) is 65.0 Å². The lowest BCUT2D eigenvalue weighted by Crippen LogP contribution is -2.19. The molecule has 32 heavy (non-hydrogen) atoms. The molecule has 4 aromatic rings. The van der Waals surface area contributed by atoms with E-state index in [2.05, 4.69) is 10.1 Å². The normalized spacial score (nSPS) is 11.0. The number of carboxylic acid groups (broad SMARTS) is 1. The molecule has 164 valence electrons. The zero-order valence-electron chi connectivity index (χ0n) is 18.7. The monoisotopic (exact) mass is 431 g/mol. The van der Waals surface area contributed by atoms with Crippen molar-refractivity contribution in [2.75, 3.05) is 18.5 Å². The molecule has 0 radical (unpaired) electrons. The molecule has 0 saturated carbocycles. The second kappa shape index (κ2) is 8.30. The summed E-state index contributed by atoms with van der Waals surface area (Å²) in [5.41, 5.74) is 3.86. The Bertz CT molecular complexity index is 1310. The van der Waals surface area contributed by atoms with Crippen molar-refractivity contribution in [3.63, 3.8) is 0 Å². The molecule has 1 N–H and O–H groups in total. The molecule has 0 amide bonds. The van der Waals surface area contributed by atoms with E-state index in [1.54, 1.807) is 0 Å². The number of ether oxygens (including phenoxy) is 1. The third kappa shape index (κ3) is 3.87. The Kier molecular flexibility index (Phi) is 5.52. The molecule has 0 aliphatic carbocycles. The minimum absolute atomic E-state index is 0.0765. The first-order valence-electron chi connectivity index (χ1n) is 10.3. The summed E-state index contributed by atoms with van der Waals surface area (Å²) < 4.78 is 7.72. The van der Waals surface area contributed by atoms with Crippen LogP contribution in [0.4, 0.5) is 5.82 Å². The van der Waals surface area contributed by atoms with Crippen LogP contribution >= 0.6 is 0 Å². The number of anilines is 1. The van der Waals surface area contributed by atoms with E-state index in [0.717, 1.165) is 45.6 Å². The van der Waals surface area contributed by atoms with Gasteiger partial charge in [-0.25, -0.2) is 14.5 Å². The van der Waals surface area contributed by atoms with Gasteiger partial charge in [0.1, 0.15) is 17.3 Å². The molecular weight excluding hydrogens is 406 g/mol. The first-order valence-corrected chi connectivity index (χ1v) is 10.3. The SMILES string of the molecule is CCN(C)c1nc(-n2cc(C(=O)O)cn2)nc2cc(C)c(Oc3c(C)cccc3C)cc12. The minimum Gasteiger partial charge on any atom is -0.478 e. The number of hydrogen-bond donors (Lipinski definition) is 1. The van der Waals surface area contributed by atoms with Crippen molar-refractivity contribution >= 4 is 22.7 Å². The maximum absolute atomic E-state index is 11.2. The van der Waals surface area contributed by atoms with E-state index in [1.807, 2.05) is 70.0 Å². The van der Waals surface area contributed by atoms with Gasteiger partial charge in [0.15, 0.2) is 0 Å². The Labute approximate surface area is 186 Å². The molecule has 2 aromatic carbocycles. The second-order valence-corrected chi connectivity index (χ2v) is 7.80. The van der Waals surface area contributed by atoms with Gasteiger partial charge in [0.05, 0.1) is 17.3 Å². The number of benzene rings is 2. The first kappa shape index (κ1) is 21.3. The highest BCUT2D eigenvalue weighted by molar-refractivity contribution is 5.92. The lowest BCUT2D eigenvalue weighted by molar-refractivity contribution is 0.0697. The number of aromatic carboxylic acids is 1. The fourth-order valence-electron chi connectivity index (χ4n) is 3.50.